The van der Waals surface area contributed by atoms with Crippen LogP contribution in [0.3, 0.4) is 0 Å². The van der Waals surface area contributed by atoms with Crippen LogP contribution in [0.15, 0.2) is 48.8 Å². The van der Waals surface area contributed by atoms with E-state index in [9.17, 15) is 4.79 Å². The van der Waals surface area contributed by atoms with Gasteiger partial charge in [-0.2, -0.15) is 0 Å². The topological polar surface area (TPSA) is 60.5 Å². The number of hydrogen-bond donors (Lipinski definition) is 1. The standard InChI is InChI=1S/C20H24N2O3/c1-15(4-7-17-3-2-14-24-17)22-20(23)16-5-8-18(9-6-16)25-19-10-12-21-13-11-19/h5-6,8-13,15,17H,2-4,7,14H2,1H3,(H,22,23)/t15-,17-/m1/s1. The number of amides is 1. The van der Waals surface area contributed by atoms with E-state index < -0.39 is 0 Å². The molecule has 132 valence electrons. The van der Waals surface area contributed by atoms with Gasteiger partial charge >= 0.3 is 0 Å². The third-order valence-corrected chi connectivity index (χ3v) is 4.33. The lowest BCUT2D eigenvalue weighted by Gasteiger charge is -2.16. The summed E-state index contributed by atoms with van der Waals surface area (Å²) in [7, 11) is 0. The zero-order chi connectivity index (χ0) is 17.5. The summed E-state index contributed by atoms with van der Waals surface area (Å²) in [5.41, 5.74) is 0.631. The second kappa shape index (κ2) is 8.62. The summed E-state index contributed by atoms with van der Waals surface area (Å²) in [6.07, 6.45) is 7.94. The fourth-order valence-corrected chi connectivity index (χ4v) is 2.90. The number of ether oxygens (including phenoxy) is 2. The van der Waals surface area contributed by atoms with E-state index in [1.54, 1.807) is 48.8 Å². The molecule has 1 saturated heterocycles. The van der Waals surface area contributed by atoms with Gasteiger partial charge in [0.1, 0.15) is 11.5 Å². The Bertz CT molecular complexity index is 667. The molecule has 0 bridgehead atoms. The van der Waals surface area contributed by atoms with Crippen LogP contribution in [0.5, 0.6) is 11.5 Å². The predicted octanol–water partition coefficient (Wildman–Crippen LogP) is 3.95. The fraction of sp³-hybridized carbons (Fsp3) is 0.400. The van der Waals surface area contributed by atoms with Crippen molar-refractivity contribution in [2.75, 3.05) is 6.61 Å². The number of carbonyl (C=O) groups is 1. The molecule has 1 aromatic carbocycles. The molecule has 1 aliphatic heterocycles. The van der Waals surface area contributed by atoms with E-state index >= 15 is 0 Å². The van der Waals surface area contributed by atoms with Gasteiger partial charge in [-0.25, -0.2) is 0 Å². The van der Waals surface area contributed by atoms with Gasteiger partial charge in [0.15, 0.2) is 0 Å². The van der Waals surface area contributed by atoms with E-state index in [1.807, 2.05) is 6.92 Å². The molecular formula is C20H24N2O3. The van der Waals surface area contributed by atoms with E-state index in [0.717, 1.165) is 38.0 Å². The van der Waals surface area contributed by atoms with E-state index in [0.29, 0.717) is 17.4 Å². The van der Waals surface area contributed by atoms with Crippen LogP contribution in [0.25, 0.3) is 0 Å². The summed E-state index contributed by atoms with van der Waals surface area (Å²) < 4.78 is 11.3. The Morgan fingerprint density at radius 3 is 2.64 bits per heavy atom. The maximum Gasteiger partial charge on any atom is 0.251 e. The molecule has 1 N–H and O–H groups in total. The Balaban J connectivity index is 1.48. The fourth-order valence-electron chi connectivity index (χ4n) is 2.90. The minimum atomic E-state index is -0.0599. The van der Waals surface area contributed by atoms with Crippen molar-refractivity contribution in [3.8, 4) is 11.5 Å². The monoisotopic (exact) mass is 340 g/mol. The molecule has 2 aromatic rings. The van der Waals surface area contributed by atoms with Crippen LogP contribution in [0.4, 0.5) is 0 Å². The van der Waals surface area contributed by atoms with E-state index in [2.05, 4.69) is 10.3 Å². The zero-order valence-electron chi connectivity index (χ0n) is 14.5. The molecule has 1 amide bonds. The number of rotatable bonds is 7. The Morgan fingerprint density at radius 1 is 1.24 bits per heavy atom. The highest BCUT2D eigenvalue weighted by molar-refractivity contribution is 5.94. The van der Waals surface area contributed by atoms with Gasteiger partial charge in [-0.3, -0.25) is 9.78 Å². The Hall–Kier alpha value is -2.40. The molecule has 0 radical (unpaired) electrons. The molecule has 1 aromatic heterocycles. The molecule has 3 rings (SSSR count). The van der Waals surface area contributed by atoms with Crippen LogP contribution in [-0.4, -0.2) is 29.6 Å². The number of aromatic nitrogens is 1. The second-order valence-corrected chi connectivity index (χ2v) is 6.40. The first-order valence-electron chi connectivity index (χ1n) is 8.81. The first-order chi connectivity index (χ1) is 12.2. The van der Waals surface area contributed by atoms with Crippen molar-refractivity contribution in [2.45, 2.75) is 44.8 Å². The first kappa shape index (κ1) is 17.4. The number of nitrogens with one attached hydrogen (secondary N) is 1. The van der Waals surface area contributed by atoms with Crippen molar-refractivity contribution in [3.63, 3.8) is 0 Å². The molecule has 2 heterocycles. The van der Waals surface area contributed by atoms with E-state index in [1.165, 1.54) is 0 Å². The normalized spacial score (nSPS) is 17.9. The van der Waals surface area contributed by atoms with Gasteiger partial charge in [0.2, 0.25) is 0 Å². The van der Waals surface area contributed by atoms with E-state index in [4.69, 9.17) is 9.47 Å². The molecule has 25 heavy (non-hydrogen) atoms. The molecule has 5 heteroatoms. The second-order valence-electron chi connectivity index (χ2n) is 6.40. The molecule has 0 aliphatic carbocycles. The summed E-state index contributed by atoms with van der Waals surface area (Å²) in [6, 6.07) is 10.9. The molecule has 0 spiro atoms. The summed E-state index contributed by atoms with van der Waals surface area (Å²) in [4.78, 5) is 16.3. The quantitative estimate of drug-likeness (QED) is 0.829. The summed E-state index contributed by atoms with van der Waals surface area (Å²) in [5, 5.41) is 3.05. The first-order valence-corrected chi connectivity index (χ1v) is 8.81. The third kappa shape index (κ3) is 5.29. The third-order valence-electron chi connectivity index (χ3n) is 4.33. The van der Waals surface area contributed by atoms with Crippen molar-refractivity contribution in [3.05, 3.63) is 54.4 Å². The highest BCUT2D eigenvalue weighted by atomic mass is 16.5. The maximum absolute atomic E-state index is 12.3. The Morgan fingerprint density at radius 2 is 1.96 bits per heavy atom. The van der Waals surface area contributed by atoms with Gasteiger partial charge in [-0.15, -0.1) is 0 Å². The molecule has 1 aliphatic rings. The zero-order valence-corrected chi connectivity index (χ0v) is 14.5. The van der Waals surface area contributed by atoms with Crippen LogP contribution >= 0.6 is 0 Å². The van der Waals surface area contributed by atoms with Gasteiger partial charge in [0, 0.05) is 30.6 Å². The minimum absolute atomic E-state index is 0.0599. The molecule has 0 unspecified atom stereocenters. The van der Waals surface area contributed by atoms with Gasteiger partial charge in [-0.05, 0) is 69.0 Å². The van der Waals surface area contributed by atoms with Crippen molar-refractivity contribution < 1.29 is 14.3 Å². The van der Waals surface area contributed by atoms with E-state index in [-0.39, 0.29) is 11.9 Å². The van der Waals surface area contributed by atoms with Crippen LogP contribution in [0, 0.1) is 0 Å². The smallest absolute Gasteiger partial charge is 0.251 e. The molecule has 5 nitrogen and oxygen atoms in total. The van der Waals surface area contributed by atoms with Gasteiger partial charge in [0.05, 0.1) is 6.10 Å². The van der Waals surface area contributed by atoms with Crippen molar-refractivity contribution in [1.82, 2.24) is 10.3 Å². The van der Waals surface area contributed by atoms with Crippen LogP contribution in [0.1, 0.15) is 43.0 Å². The Labute approximate surface area is 148 Å². The molecular weight excluding hydrogens is 316 g/mol. The lowest BCUT2D eigenvalue weighted by atomic mass is 10.1. The van der Waals surface area contributed by atoms with Crippen LogP contribution < -0.4 is 10.1 Å². The average molecular weight is 340 g/mol. The summed E-state index contributed by atoms with van der Waals surface area (Å²) in [6.45, 7) is 2.91. The number of nitrogens with zero attached hydrogens (tertiary/aromatic N) is 1. The Kier molecular flexibility index (Phi) is 6.01. The minimum Gasteiger partial charge on any atom is -0.457 e. The molecule has 2 atom stereocenters. The molecule has 0 saturated carbocycles. The average Bonchev–Trinajstić information content (AvgIpc) is 3.15. The lowest BCUT2D eigenvalue weighted by Crippen LogP contribution is -2.33. The van der Waals surface area contributed by atoms with Gasteiger partial charge < -0.3 is 14.8 Å². The van der Waals surface area contributed by atoms with Crippen LogP contribution in [-0.2, 0) is 4.74 Å². The number of benzene rings is 1. The highest BCUT2D eigenvalue weighted by Gasteiger charge is 2.17. The summed E-state index contributed by atoms with van der Waals surface area (Å²) in [5.74, 6) is 1.35. The van der Waals surface area contributed by atoms with Gasteiger partial charge in [0.25, 0.3) is 5.91 Å². The maximum atomic E-state index is 12.3. The lowest BCUT2D eigenvalue weighted by molar-refractivity contribution is 0.0899. The van der Waals surface area contributed by atoms with Crippen LogP contribution in [0.2, 0.25) is 0 Å². The SMILES string of the molecule is C[C@H](CC[C@H]1CCCO1)NC(=O)c1ccc(Oc2ccncc2)cc1. The van der Waals surface area contributed by atoms with Crippen molar-refractivity contribution >= 4 is 5.91 Å². The molecule has 1 fully saturated rings. The highest BCUT2D eigenvalue weighted by Crippen LogP contribution is 2.21. The number of carbonyl (C=O) groups excluding carboxylic acids is 1. The van der Waals surface area contributed by atoms with Gasteiger partial charge in [-0.1, -0.05) is 0 Å². The van der Waals surface area contributed by atoms with Crippen molar-refractivity contribution in [1.29, 1.82) is 0 Å². The predicted molar refractivity (Wildman–Crippen MR) is 95.9 cm³/mol. The number of pyridine rings is 1. The van der Waals surface area contributed by atoms with Crippen molar-refractivity contribution in [2.24, 2.45) is 0 Å². The summed E-state index contributed by atoms with van der Waals surface area (Å²) >= 11 is 0. The largest absolute Gasteiger partial charge is 0.457 e. The number of hydrogen-bond acceptors (Lipinski definition) is 4.